The maximum atomic E-state index is 12.5. The van der Waals surface area contributed by atoms with E-state index in [2.05, 4.69) is 25.4 Å². The van der Waals surface area contributed by atoms with Crippen LogP contribution in [0.2, 0.25) is 0 Å². The molecule has 3 aromatic rings. The number of amides is 1. The summed E-state index contributed by atoms with van der Waals surface area (Å²) >= 11 is 0. The molecule has 4 rings (SSSR count). The van der Waals surface area contributed by atoms with Gasteiger partial charge in [-0.2, -0.15) is 5.10 Å². The summed E-state index contributed by atoms with van der Waals surface area (Å²) in [6.45, 7) is 0.544. The van der Waals surface area contributed by atoms with Crippen LogP contribution in [0.25, 0.3) is 0 Å². The Morgan fingerprint density at radius 2 is 2.19 bits per heavy atom. The van der Waals surface area contributed by atoms with Crippen LogP contribution in [-0.2, 0) is 19.9 Å². The molecule has 1 aromatic carbocycles. The highest BCUT2D eigenvalue weighted by atomic mass is 16.5. The van der Waals surface area contributed by atoms with Gasteiger partial charge in [0.15, 0.2) is 0 Å². The van der Waals surface area contributed by atoms with E-state index < -0.39 is 0 Å². The zero-order chi connectivity index (χ0) is 18.1. The van der Waals surface area contributed by atoms with Gasteiger partial charge in [0.2, 0.25) is 0 Å². The largest absolute Gasteiger partial charge is 0.496 e. The van der Waals surface area contributed by atoms with Crippen LogP contribution in [-0.4, -0.2) is 44.3 Å². The first-order valence-electron chi connectivity index (χ1n) is 8.47. The molecular formula is C18H20N6O2. The monoisotopic (exact) mass is 352 g/mol. The van der Waals surface area contributed by atoms with Crippen molar-refractivity contribution in [1.29, 1.82) is 0 Å². The molecule has 3 heterocycles. The Morgan fingerprint density at radius 1 is 1.35 bits per heavy atom. The highest BCUT2D eigenvalue weighted by Crippen LogP contribution is 2.30. The molecule has 8 nitrogen and oxygen atoms in total. The van der Waals surface area contributed by atoms with Crippen LogP contribution in [0.5, 0.6) is 5.75 Å². The molecule has 0 saturated carbocycles. The van der Waals surface area contributed by atoms with Gasteiger partial charge in [-0.1, -0.05) is 18.2 Å². The Balaban J connectivity index is 1.64. The minimum atomic E-state index is -0.155. The van der Waals surface area contributed by atoms with Crippen molar-refractivity contribution in [3.8, 4) is 5.75 Å². The van der Waals surface area contributed by atoms with E-state index in [4.69, 9.17) is 4.74 Å². The molecular weight excluding hydrogens is 332 g/mol. The van der Waals surface area contributed by atoms with Crippen LogP contribution in [0.15, 0.2) is 30.6 Å². The second-order valence-electron chi connectivity index (χ2n) is 6.34. The average molecular weight is 352 g/mol. The lowest BCUT2D eigenvalue weighted by atomic mass is 9.93. The Bertz CT molecular complexity index is 945. The fourth-order valence-electron chi connectivity index (χ4n) is 3.35. The Labute approximate surface area is 150 Å². The lowest BCUT2D eigenvalue weighted by Crippen LogP contribution is -2.26. The number of aryl methyl sites for hydroxylation is 1. The number of benzene rings is 1. The molecule has 0 aliphatic carbocycles. The number of para-hydroxylation sites is 1. The average Bonchev–Trinajstić information content (AvgIpc) is 3.21. The first-order chi connectivity index (χ1) is 12.7. The summed E-state index contributed by atoms with van der Waals surface area (Å²) in [6, 6.07) is 7.91. The summed E-state index contributed by atoms with van der Waals surface area (Å²) in [6.07, 6.45) is 2.68. The molecule has 134 valence electrons. The first-order valence-corrected chi connectivity index (χ1v) is 8.47. The molecule has 0 fully saturated rings. The van der Waals surface area contributed by atoms with Crippen molar-refractivity contribution in [3.05, 3.63) is 59.2 Å². The van der Waals surface area contributed by atoms with Gasteiger partial charge in [-0.25, -0.2) is 9.97 Å². The van der Waals surface area contributed by atoms with E-state index >= 15 is 0 Å². The van der Waals surface area contributed by atoms with Crippen molar-refractivity contribution in [2.45, 2.75) is 18.8 Å². The molecule has 8 heteroatoms. The number of H-pyrrole nitrogens is 1. The Hall–Kier alpha value is -3.16. The molecule has 1 aliphatic rings. The summed E-state index contributed by atoms with van der Waals surface area (Å²) in [5, 5.41) is 7.04. The molecule has 2 aromatic heterocycles. The topological polar surface area (TPSA) is 97.7 Å². The number of carbonyl (C=O) groups excluding carboxylic acids is 1. The summed E-state index contributed by atoms with van der Waals surface area (Å²) in [7, 11) is 3.50. The first kappa shape index (κ1) is 16.3. The van der Waals surface area contributed by atoms with E-state index in [1.165, 1.54) is 6.33 Å². The third-order valence-corrected chi connectivity index (χ3v) is 4.71. The molecule has 0 bridgehead atoms. The number of rotatable bonds is 4. The summed E-state index contributed by atoms with van der Waals surface area (Å²) in [5.41, 5.74) is 2.38. The van der Waals surface area contributed by atoms with E-state index in [0.29, 0.717) is 30.9 Å². The number of imidazole rings is 1. The molecule has 0 spiro atoms. The van der Waals surface area contributed by atoms with Gasteiger partial charge in [-0.05, 0) is 18.1 Å². The van der Waals surface area contributed by atoms with E-state index in [0.717, 1.165) is 22.8 Å². The van der Waals surface area contributed by atoms with E-state index in [9.17, 15) is 4.79 Å². The van der Waals surface area contributed by atoms with E-state index in [1.807, 2.05) is 31.3 Å². The van der Waals surface area contributed by atoms with Gasteiger partial charge in [0, 0.05) is 25.2 Å². The van der Waals surface area contributed by atoms with Crippen LogP contribution in [0.4, 0.5) is 0 Å². The lowest BCUT2D eigenvalue weighted by molar-refractivity contribution is 0.0950. The second kappa shape index (κ2) is 6.62. The van der Waals surface area contributed by atoms with Crippen molar-refractivity contribution in [1.82, 2.24) is 30.0 Å². The molecule has 1 unspecified atom stereocenters. The van der Waals surface area contributed by atoms with Crippen LogP contribution in [0.1, 0.15) is 39.3 Å². The summed E-state index contributed by atoms with van der Waals surface area (Å²) in [4.78, 5) is 24.5. The van der Waals surface area contributed by atoms with E-state index in [1.54, 1.807) is 11.8 Å². The van der Waals surface area contributed by atoms with Gasteiger partial charge in [-0.3, -0.25) is 9.48 Å². The third kappa shape index (κ3) is 2.94. The number of aromatic amines is 1. The van der Waals surface area contributed by atoms with Crippen LogP contribution in [0.3, 0.4) is 0 Å². The van der Waals surface area contributed by atoms with Gasteiger partial charge in [0.05, 0.1) is 13.5 Å². The van der Waals surface area contributed by atoms with Crippen molar-refractivity contribution in [2.24, 2.45) is 7.05 Å². The number of nitrogens with zero attached hydrogens (tertiary/aromatic N) is 4. The lowest BCUT2D eigenvalue weighted by Gasteiger charge is -2.17. The third-order valence-electron chi connectivity index (χ3n) is 4.71. The van der Waals surface area contributed by atoms with Gasteiger partial charge >= 0.3 is 0 Å². The normalized spacial score (nSPS) is 16.7. The smallest absolute Gasteiger partial charge is 0.271 e. The van der Waals surface area contributed by atoms with Crippen LogP contribution in [0, 0.1) is 0 Å². The molecule has 0 radical (unpaired) electrons. The predicted octanol–water partition coefficient (Wildman–Crippen LogP) is 1.21. The minimum absolute atomic E-state index is 0.111. The molecule has 0 saturated heterocycles. The SMILES string of the molecule is COc1ccccc1C1CNC(=O)c2nc(Cc3ncnn3C)[nH]c2C1. The Morgan fingerprint density at radius 3 is 2.96 bits per heavy atom. The number of hydrogen-bond acceptors (Lipinski definition) is 5. The predicted molar refractivity (Wildman–Crippen MR) is 94.2 cm³/mol. The number of nitrogens with one attached hydrogen (secondary N) is 2. The summed E-state index contributed by atoms with van der Waals surface area (Å²) < 4.78 is 7.19. The van der Waals surface area contributed by atoms with E-state index in [-0.39, 0.29) is 11.8 Å². The van der Waals surface area contributed by atoms with Crippen molar-refractivity contribution < 1.29 is 9.53 Å². The molecule has 26 heavy (non-hydrogen) atoms. The van der Waals surface area contributed by atoms with Crippen LogP contribution < -0.4 is 10.1 Å². The van der Waals surface area contributed by atoms with Crippen molar-refractivity contribution in [3.63, 3.8) is 0 Å². The molecule has 1 amide bonds. The van der Waals surface area contributed by atoms with Crippen molar-refractivity contribution >= 4 is 5.91 Å². The quantitative estimate of drug-likeness (QED) is 0.735. The molecule has 1 aliphatic heterocycles. The number of aromatic nitrogens is 5. The molecule has 1 atom stereocenters. The maximum Gasteiger partial charge on any atom is 0.271 e. The maximum absolute atomic E-state index is 12.5. The summed E-state index contributed by atoms with van der Waals surface area (Å²) in [5.74, 6) is 2.28. The van der Waals surface area contributed by atoms with Gasteiger partial charge in [0.25, 0.3) is 5.91 Å². The van der Waals surface area contributed by atoms with Gasteiger partial charge in [0.1, 0.15) is 29.4 Å². The fraction of sp³-hybridized carbons (Fsp3) is 0.333. The number of methoxy groups -OCH3 is 1. The second-order valence-corrected chi connectivity index (χ2v) is 6.34. The Kier molecular flexibility index (Phi) is 4.16. The number of fused-ring (bicyclic) bond motifs is 1. The van der Waals surface area contributed by atoms with Crippen LogP contribution >= 0.6 is 0 Å². The minimum Gasteiger partial charge on any atom is -0.496 e. The fourth-order valence-corrected chi connectivity index (χ4v) is 3.35. The molecule has 2 N–H and O–H groups in total. The standard InChI is InChI=1S/C18H20N6O2/c1-24-16(20-10-21-24)8-15-22-13-7-11(9-19-18(25)17(13)23-15)12-5-3-4-6-14(12)26-2/h3-6,10-11H,7-9H2,1-2H3,(H,19,25)(H,22,23). The highest BCUT2D eigenvalue weighted by Gasteiger charge is 2.27. The van der Waals surface area contributed by atoms with Gasteiger partial charge in [-0.15, -0.1) is 0 Å². The highest BCUT2D eigenvalue weighted by molar-refractivity contribution is 5.94. The van der Waals surface area contributed by atoms with Crippen molar-refractivity contribution in [2.75, 3.05) is 13.7 Å². The van der Waals surface area contributed by atoms with Gasteiger partial charge < -0.3 is 15.0 Å². The number of hydrogen-bond donors (Lipinski definition) is 2. The number of ether oxygens (including phenoxy) is 1. The number of carbonyl (C=O) groups is 1. The zero-order valence-electron chi connectivity index (χ0n) is 14.7. The zero-order valence-corrected chi connectivity index (χ0v) is 14.7.